The molecule has 0 aromatic heterocycles. The summed E-state index contributed by atoms with van der Waals surface area (Å²) in [5.74, 6) is 0. The van der Waals surface area contributed by atoms with Crippen LogP contribution in [0.5, 0.6) is 0 Å². The summed E-state index contributed by atoms with van der Waals surface area (Å²) in [6.45, 7) is 8.23. The lowest BCUT2D eigenvalue weighted by molar-refractivity contribution is 0.225. The fourth-order valence-corrected chi connectivity index (χ4v) is 50.8. The van der Waals surface area contributed by atoms with Crippen molar-refractivity contribution < 1.29 is 34.7 Å². The van der Waals surface area contributed by atoms with E-state index in [1.807, 2.05) is 243 Å². The molecule has 392 valence electrons. The highest BCUT2D eigenvalue weighted by molar-refractivity contribution is 7.80. The molecule has 1 saturated heterocycles. The summed E-state index contributed by atoms with van der Waals surface area (Å²) in [5, 5.41) is 5.98. The lowest BCUT2D eigenvalue weighted by atomic mass is 10.4. The minimum atomic E-state index is -3.61. The molecule has 1 aliphatic heterocycles. The summed E-state index contributed by atoms with van der Waals surface area (Å²) in [5.41, 5.74) is 0. The Bertz CT molecular complexity index is 2720. The van der Waals surface area contributed by atoms with Crippen molar-refractivity contribution in [1.29, 1.82) is 0 Å². The summed E-state index contributed by atoms with van der Waals surface area (Å²) < 4.78 is 95.0. The molecule has 0 aliphatic carbocycles. The zero-order chi connectivity index (χ0) is 53.4. The van der Waals surface area contributed by atoms with Crippen LogP contribution in [0.15, 0.2) is 243 Å². The molecule has 1 aliphatic rings. The molecule has 0 bridgehead atoms. The molecule has 1 fully saturated rings. The van der Waals surface area contributed by atoms with Crippen LogP contribution < -0.4 is 42.4 Å². The maximum absolute atomic E-state index is 15.9. The van der Waals surface area contributed by atoms with Gasteiger partial charge in [-0.2, -0.15) is 0 Å². The van der Waals surface area contributed by atoms with Crippen LogP contribution in [-0.2, 0) is 34.7 Å². The van der Waals surface area contributed by atoms with E-state index in [1.165, 1.54) is 0 Å². The second kappa shape index (κ2) is 23.8. The van der Waals surface area contributed by atoms with Crippen molar-refractivity contribution in [3.8, 4) is 0 Å². The third kappa shape index (κ3) is 12.8. The van der Waals surface area contributed by atoms with Crippen LogP contribution in [0.1, 0.15) is 0 Å². The average molecular weight is 1150 g/mol. The van der Waals surface area contributed by atoms with E-state index in [9.17, 15) is 0 Å². The van der Waals surface area contributed by atoms with Gasteiger partial charge in [-0.05, 0) is 50.4 Å². The normalized spacial score (nSPS) is 21.5. The van der Waals surface area contributed by atoms with Crippen molar-refractivity contribution in [2.45, 2.75) is 50.4 Å². The number of rotatable bonds is 20. The molecule has 0 saturated carbocycles. The van der Waals surface area contributed by atoms with Gasteiger partial charge in [0.15, 0.2) is 0 Å². The summed E-state index contributed by atoms with van der Waals surface area (Å²) in [6, 6.07) is 78.7. The van der Waals surface area contributed by atoms with Crippen molar-refractivity contribution in [2.24, 2.45) is 0 Å². The molecule has 76 heavy (non-hydrogen) atoms. The summed E-state index contributed by atoms with van der Waals surface area (Å²) >= 11 is 0. The highest BCUT2D eigenvalue weighted by Gasteiger charge is 2.58. The van der Waals surface area contributed by atoms with E-state index in [1.54, 1.807) is 0 Å². The summed E-state index contributed by atoms with van der Waals surface area (Å²) in [6.07, 6.45) is 1.02. The lowest BCUT2D eigenvalue weighted by Crippen LogP contribution is -2.68. The predicted octanol–water partition coefficient (Wildman–Crippen LogP) is 12.4. The van der Waals surface area contributed by atoms with Gasteiger partial charge in [0.1, 0.15) is 28.6 Å². The first-order valence-electron chi connectivity index (χ1n) is 26.1. The van der Waals surface area contributed by atoms with Gasteiger partial charge in [0.05, 0.1) is 0 Å². The number of benzene rings is 8. The molecule has 1 heterocycles. The molecular formula is C60H68O8P4Si4. The van der Waals surface area contributed by atoms with Gasteiger partial charge < -0.3 is 34.7 Å². The van der Waals surface area contributed by atoms with Crippen molar-refractivity contribution >= 4 is 105 Å². The van der Waals surface area contributed by atoms with Gasteiger partial charge in [-0.3, -0.25) is 0 Å². The molecule has 8 aromatic carbocycles. The standard InChI is InChI=1S/C60H68O8P4Si4/c1-73(49-45-69(61,53-29-13-5-14-30-53)54-31-15-6-16-32-54)65-74(2,50-46-70(62,55-33-17-7-18-34-55)56-35-19-8-20-36-56)67-76(4,52-48-72(64,59-41-25-11-26-42-59)60-43-27-12-28-44-60)68-75(3,66-73)51-47-71(63,57-37-21-9-22-38-57)58-39-23-10-24-40-58/h5-44H,45-52H2,1-4H3. The number of hydrogen-bond acceptors (Lipinski definition) is 8. The minimum Gasteiger partial charge on any atom is -0.416 e. The van der Waals surface area contributed by atoms with Gasteiger partial charge in [0.25, 0.3) is 0 Å². The topological polar surface area (TPSA) is 105 Å². The van der Waals surface area contributed by atoms with Crippen LogP contribution in [0.2, 0.25) is 50.4 Å². The van der Waals surface area contributed by atoms with Crippen molar-refractivity contribution in [3.05, 3.63) is 243 Å². The second-order valence-corrected chi connectivity index (χ2v) is 46.7. The van der Waals surface area contributed by atoms with Gasteiger partial charge in [0.2, 0.25) is 0 Å². The Morgan fingerprint density at radius 2 is 0.355 bits per heavy atom. The van der Waals surface area contributed by atoms with Gasteiger partial charge in [-0.15, -0.1) is 0 Å². The third-order valence-corrected chi connectivity index (χ3v) is 47.2. The van der Waals surface area contributed by atoms with E-state index in [0.717, 1.165) is 42.4 Å². The van der Waals surface area contributed by atoms with Crippen LogP contribution in [-0.4, -0.2) is 58.9 Å². The van der Waals surface area contributed by atoms with Crippen LogP contribution in [0.25, 0.3) is 0 Å². The monoisotopic (exact) mass is 1150 g/mol. The van der Waals surface area contributed by atoms with E-state index in [2.05, 4.69) is 26.2 Å². The molecule has 0 radical (unpaired) electrons. The van der Waals surface area contributed by atoms with E-state index >= 15 is 18.3 Å². The van der Waals surface area contributed by atoms with Gasteiger partial charge >= 0.3 is 34.2 Å². The van der Waals surface area contributed by atoms with Crippen LogP contribution in [0.3, 0.4) is 0 Å². The summed E-state index contributed by atoms with van der Waals surface area (Å²) in [4.78, 5) is 0. The predicted molar refractivity (Wildman–Crippen MR) is 329 cm³/mol. The van der Waals surface area contributed by atoms with E-state index < -0.39 is 62.8 Å². The lowest BCUT2D eigenvalue weighted by Gasteiger charge is -2.51. The molecule has 0 N–H and O–H groups in total. The highest BCUT2D eigenvalue weighted by atomic mass is 31.2. The fraction of sp³-hybridized carbons (Fsp3) is 0.200. The molecule has 0 unspecified atom stereocenters. The number of hydrogen-bond donors (Lipinski definition) is 0. The van der Waals surface area contributed by atoms with Crippen LogP contribution >= 0.6 is 28.6 Å². The quantitative estimate of drug-likeness (QED) is 0.0549. The van der Waals surface area contributed by atoms with Crippen LogP contribution in [0, 0.1) is 0 Å². The summed E-state index contributed by atoms with van der Waals surface area (Å²) in [7, 11) is -27.6. The smallest absolute Gasteiger partial charge is 0.317 e. The largest absolute Gasteiger partial charge is 0.416 e. The van der Waals surface area contributed by atoms with Gasteiger partial charge in [-0.1, -0.05) is 243 Å². The van der Waals surface area contributed by atoms with Crippen molar-refractivity contribution in [3.63, 3.8) is 0 Å². The maximum Gasteiger partial charge on any atom is 0.317 e. The fourth-order valence-electron chi connectivity index (χ4n) is 10.7. The Labute approximate surface area is 454 Å². The Kier molecular flexibility index (Phi) is 17.6. The SMILES string of the molecule is C[Si]1(CCP(=O)(c2ccccc2)c2ccccc2)O[Si](C)(CCP(=O)(c2ccccc2)c2ccccc2)O[Si](C)(CCP(=O)(c2ccccc2)c2ccccc2)O[Si](C)(CCP(=O)(c2ccccc2)c2ccccc2)O1. The third-order valence-electron chi connectivity index (χ3n) is 14.6. The van der Waals surface area contributed by atoms with E-state index in [-0.39, 0.29) is 24.6 Å². The molecular weight excluding hydrogens is 1080 g/mol. The zero-order valence-corrected chi connectivity index (χ0v) is 51.4. The Hall–Kier alpha value is -4.61. The molecule has 0 atom stereocenters. The van der Waals surface area contributed by atoms with Crippen molar-refractivity contribution in [2.75, 3.05) is 24.6 Å². The Morgan fingerprint density at radius 3 is 0.474 bits per heavy atom. The average Bonchev–Trinajstić information content (AvgIpc) is 3.49. The molecule has 16 heteroatoms. The van der Waals surface area contributed by atoms with Crippen LogP contribution in [0.4, 0.5) is 0 Å². The minimum absolute atomic E-state index is 0.254. The molecule has 8 nitrogen and oxygen atoms in total. The zero-order valence-electron chi connectivity index (χ0n) is 43.8. The molecule has 9 rings (SSSR count). The first-order chi connectivity index (χ1) is 36.5. The van der Waals surface area contributed by atoms with E-state index in [0.29, 0.717) is 24.2 Å². The first kappa shape index (κ1) is 56.1. The Morgan fingerprint density at radius 1 is 0.237 bits per heavy atom. The molecule has 0 amide bonds. The second-order valence-electron chi connectivity index (χ2n) is 20.5. The van der Waals surface area contributed by atoms with Crippen molar-refractivity contribution in [1.82, 2.24) is 0 Å². The van der Waals surface area contributed by atoms with Gasteiger partial charge in [0, 0.05) is 67.1 Å². The van der Waals surface area contributed by atoms with Gasteiger partial charge in [-0.25, -0.2) is 0 Å². The molecule has 8 aromatic rings. The maximum atomic E-state index is 15.9. The first-order valence-corrected chi connectivity index (χ1v) is 43.8. The highest BCUT2D eigenvalue weighted by Crippen LogP contribution is 2.52. The Balaban J connectivity index is 1.17. The molecule has 0 spiro atoms. The van der Waals surface area contributed by atoms with E-state index in [4.69, 9.17) is 16.5 Å².